The van der Waals surface area contributed by atoms with E-state index >= 15 is 0 Å². The van der Waals surface area contributed by atoms with Crippen molar-refractivity contribution in [3.8, 4) is 0 Å². The number of aromatic nitrogens is 2. The summed E-state index contributed by atoms with van der Waals surface area (Å²) in [5, 5.41) is 20.7. The molecule has 43 heavy (non-hydrogen) atoms. The molecular formula is C24H36N2O15P2. The minimum atomic E-state index is -4.94. The van der Waals surface area contributed by atoms with E-state index in [0.717, 1.165) is 16.8 Å². The van der Waals surface area contributed by atoms with Gasteiger partial charge in [0.15, 0.2) is 18.4 Å². The highest BCUT2D eigenvalue weighted by Crippen LogP contribution is 2.59. The molecule has 2 fully saturated rings. The summed E-state index contributed by atoms with van der Waals surface area (Å²) < 4.78 is 64.8. The predicted molar refractivity (Wildman–Crippen MR) is 148 cm³/mol. The molecule has 242 valence electrons. The maximum Gasteiger partial charge on any atom is 0.342 e. The van der Waals surface area contributed by atoms with Gasteiger partial charge in [0.05, 0.1) is 33.0 Å². The highest BCUT2D eigenvalue weighted by Gasteiger charge is 2.48. The second-order valence-corrected chi connectivity index (χ2v) is 13.6. The van der Waals surface area contributed by atoms with Crippen LogP contribution in [0.25, 0.3) is 0 Å². The molecule has 19 heteroatoms. The number of nitrogens with zero attached hydrogens (tertiary/aromatic N) is 1. The van der Waals surface area contributed by atoms with Gasteiger partial charge in [-0.25, -0.2) is 4.79 Å². The van der Waals surface area contributed by atoms with Gasteiger partial charge in [-0.15, -0.1) is 19.7 Å². The van der Waals surface area contributed by atoms with Crippen LogP contribution in [-0.4, -0.2) is 111 Å². The van der Waals surface area contributed by atoms with E-state index in [1.807, 2.05) is 4.98 Å². The average Bonchev–Trinajstić information content (AvgIpc) is 3.21. The summed E-state index contributed by atoms with van der Waals surface area (Å²) in [7, 11) is -9.85. The third-order valence-electron chi connectivity index (χ3n) is 6.15. The normalized spacial score (nSPS) is 32.0. The van der Waals surface area contributed by atoms with Crippen LogP contribution >= 0.6 is 15.2 Å². The first kappa shape index (κ1) is 35.4. The molecule has 3 rings (SSSR count). The van der Waals surface area contributed by atoms with Crippen molar-refractivity contribution in [2.45, 2.75) is 49.1 Å². The second kappa shape index (κ2) is 15.8. The summed E-state index contributed by atoms with van der Waals surface area (Å²) in [6.45, 7) is 9.95. The van der Waals surface area contributed by atoms with Gasteiger partial charge in [0.25, 0.3) is 5.56 Å². The summed E-state index contributed by atoms with van der Waals surface area (Å²) >= 11 is 0. The van der Waals surface area contributed by atoms with Gasteiger partial charge in [0.2, 0.25) is 0 Å². The SMILES string of the molecule is C=CCO[C@@H]1[C@@H](OCC=C)[C@@H](OP(=O)(O)CP(=O)(O)OC[C@H]2O[C@@H](n3ccc(=O)[nH]c3=O)[C@H](O)[C@@H]2O)OC[C@H]1OCC=C. The predicted octanol–water partition coefficient (Wildman–Crippen LogP) is -0.413. The number of hydrogen-bond acceptors (Lipinski definition) is 13. The minimum absolute atomic E-state index is 0.0326. The first-order valence-corrected chi connectivity index (χ1v) is 16.4. The van der Waals surface area contributed by atoms with Crippen LogP contribution in [0.2, 0.25) is 0 Å². The lowest BCUT2D eigenvalue weighted by molar-refractivity contribution is -0.268. The molecule has 0 amide bonds. The van der Waals surface area contributed by atoms with E-state index in [0.29, 0.717) is 0 Å². The lowest BCUT2D eigenvalue weighted by Crippen LogP contribution is -2.56. The standard InChI is InChI=1S/C24H36N2O15P2/c1-4-9-35-16-12-38-23(21(37-11-6-3)20(16)36-10-5-2)41-43(33,34)14-42(31,32)39-13-15-18(28)19(29)22(40-15)26-8-7-17(27)25-24(26)30/h4-8,15-16,18-23,28-29H,1-3,9-14H2,(H,31,32)(H,33,34)(H,25,27,30)/t15-,16-,18-,19-,20+,21-,22-,23-/m1/s1. The molecule has 1 aromatic heterocycles. The summed E-state index contributed by atoms with van der Waals surface area (Å²) in [6, 6.07) is 0.986. The summed E-state index contributed by atoms with van der Waals surface area (Å²) in [5.41, 5.74) is -1.64. The first-order valence-electron chi connectivity index (χ1n) is 12.9. The zero-order valence-electron chi connectivity index (χ0n) is 23.0. The van der Waals surface area contributed by atoms with Crippen molar-refractivity contribution in [2.24, 2.45) is 0 Å². The molecule has 10 atom stereocenters. The van der Waals surface area contributed by atoms with E-state index < -0.39 is 88.1 Å². The maximum atomic E-state index is 13.0. The van der Waals surface area contributed by atoms with Gasteiger partial charge in [0, 0.05) is 12.3 Å². The van der Waals surface area contributed by atoms with Crippen LogP contribution in [0.3, 0.4) is 0 Å². The van der Waals surface area contributed by atoms with Crippen LogP contribution in [0.4, 0.5) is 0 Å². The highest BCUT2D eigenvalue weighted by molar-refractivity contribution is 7.70. The lowest BCUT2D eigenvalue weighted by Gasteiger charge is -2.41. The van der Waals surface area contributed by atoms with Crippen LogP contribution in [0.5, 0.6) is 0 Å². The number of hydrogen-bond donors (Lipinski definition) is 5. The average molecular weight is 654 g/mol. The van der Waals surface area contributed by atoms with E-state index in [9.17, 15) is 38.7 Å². The molecule has 0 aliphatic carbocycles. The molecule has 5 N–H and O–H groups in total. The highest BCUT2D eigenvalue weighted by atomic mass is 31.2. The Bertz CT molecular complexity index is 1320. The van der Waals surface area contributed by atoms with Crippen molar-refractivity contribution in [1.29, 1.82) is 0 Å². The fourth-order valence-corrected chi connectivity index (χ4v) is 7.57. The third-order valence-corrected chi connectivity index (χ3v) is 10.1. The molecule has 3 heterocycles. The Morgan fingerprint density at radius 3 is 2.23 bits per heavy atom. The van der Waals surface area contributed by atoms with Crippen molar-refractivity contribution in [2.75, 3.05) is 38.9 Å². The number of aliphatic hydroxyl groups excluding tert-OH is 2. The Morgan fingerprint density at radius 1 is 0.977 bits per heavy atom. The number of aromatic amines is 1. The van der Waals surface area contributed by atoms with E-state index in [-0.39, 0.29) is 26.4 Å². The van der Waals surface area contributed by atoms with Crippen molar-refractivity contribution < 1.29 is 61.9 Å². The Balaban J connectivity index is 1.66. The van der Waals surface area contributed by atoms with Gasteiger partial charge in [-0.2, -0.15) is 0 Å². The second-order valence-electron chi connectivity index (χ2n) is 9.42. The first-order chi connectivity index (χ1) is 20.3. The van der Waals surface area contributed by atoms with Crippen LogP contribution in [0.1, 0.15) is 6.23 Å². The molecule has 2 aliphatic rings. The van der Waals surface area contributed by atoms with Gasteiger partial charge in [-0.3, -0.25) is 28.0 Å². The topological polar surface area (TPSA) is 235 Å². The Labute approximate surface area is 246 Å². The van der Waals surface area contributed by atoms with E-state index in [1.165, 1.54) is 18.2 Å². The maximum absolute atomic E-state index is 13.0. The van der Waals surface area contributed by atoms with E-state index in [2.05, 4.69) is 19.7 Å². The Kier molecular flexibility index (Phi) is 13.0. The third kappa shape index (κ3) is 9.70. The molecule has 1 aromatic rings. The summed E-state index contributed by atoms with van der Waals surface area (Å²) in [5.74, 6) is -1.39. The zero-order chi connectivity index (χ0) is 31.8. The fourth-order valence-electron chi connectivity index (χ4n) is 4.28. The quantitative estimate of drug-likeness (QED) is 0.106. The molecule has 2 saturated heterocycles. The number of rotatable bonds is 17. The van der Waals surface area contributed by atoms with Crippen LogP contribution < -0.4 is 11.2 Å². The van der Waals surface area contributed by atoms with E-state index in [4.69, 9.17) is 32.7 Å². The van der Waals surface area contributed by atoms with Gasteiger partial charge < -0.3 is 48.2 Å². The molecule has 0 radical (unpaired) electrons. The van der Waals surface area contributed by atoms with Crippen LogP contribution in [-0.2, 0) is 41.9 Å². The van der Waals surface area contributed by atoms with E-state index in [1.54, 1.807) is 0 Å². The zero-order valence-corrected chi connectivity index (χ0v) is 24.8. The smallest absolute Gasteiger partial charge is 0.342 e. The number of H-pyrrole nitrogens is 1. The Hall–Kier alpha value is -2.08. The molecular weight excluding hydrogens is 618 g/mol. The molecule has 0 aromatic carbocycles. The van der Waals surface area contributed by atoms with Crippen LogP contribution in [0, 0.1) is 0 Å². The molecule has 2 unspecified atom stereocenters. The largest absolute Gasteiger partial charge is 0.387 e. The van der Waals surface area contributed by atoms with Crippen molar-refractivity contribution in [1.82, 2.24) is 9.55 Å². The monoisotopic (exact) mass is 654 g/mol. The van der Waals surface area contributed by atoms with Gasteiger partial charge >= 0.3 is 20.9 Å². The molecule has 0 saturated carbocycles. The molecule has 2 aliphatic heterocycles. The Morgan fingerprint density at radius 2 is 1.60 bits per heavy atom. The van der Waals surface area contributed by atoms with Crippen molar-refractivity contribution in [3.63, 3.8) is 0 Å². The van der Waals surface area contributed by atoms with Crippen LogP contribution in [0.15, 0.2) is 59.8 Å². The number of nitrogens with one attached hydrogen (secondary N) is 1. The molecule has 0 bridgehead atoms. The van der Waals surface area contributed by atoms with Gasteiger partial charge in [0.1, 0.15) is 36.6 Å². The summed E-state index contributed by atoms with van der Waals surface area (Å²) in [4.78, 5) is 46.2. The molecule has 0 spiro atoms. The molecule has 17 nitrogen and oxygen atoms in total. The number of aliphatic hydroxyl groups is 2. The minimum Gasteiger partial charge on any atom is -0.387 e. The lowest BCUT2D eigenvalue weighted by atomic mass is 10.0. The van der Waals surface area contributed by atoms with Crippen molar-refractivity contribution in [3.05, 3.63) is 71.1 Å². The fraction of sp³-hybridized carbons (Fsp3) is 0.583. The summed E-state index contributed by atoms with van der Waals surface area (Å²) in [6.07, 6.45) is -5.10. The van der Waals surface area contributed by atoms with Gasteiger partial charge in [-0.05, 0) is 0 Å². The van der Waals surface area contributed by atoms with Gasteiger partial charge in [-0.1, -0.05) is 18.2 Å². The number of ether oxygens (including phenoxy) is 5. The van der Waals surface area contributed by atoms with Crippen molar-refractivity contribution >= 4 is 15.2 Å².